The lowest BCUT2D eigenvalue weighted by Crippen LogP contribution is -2.45. The van der Waals surface area contributed by atoms with Crippen molar-refractivity contribution in [2.24, 2.45) is 17.8 Å². The number of piperidine rings is 1. The molecule has 1 aliphatic carbocycles. The third-order valence-electron chi connectivity index (χ3n) is 5.37. The van der Waals surface area contributed by atoms with E-state index in [1.165, 1.54) is 12.8 Å². The molecule has 21 heavy (non-hydrogen) atoms. The first-order valence-electron chi connectivity index (χ1n) is 8.53. The van der Waals surface area contributed by atoms with Crippen LogP contribution in [0.3, 0.4) is 0 Å². The molecule has 2 fully saturated rings. The van der Waals surface area contributed by atoms with Gasteiger partial charge in [-0.25, -0.2) is 0 Å². The predicted octanol–water partition coefficient (Wildman–Crippen LogP) is 2.58. The number of likely N-dealkylation sites (tertiary alicyclic amines) is 1. The molecule has 1 N–H and O–H groups in total. The second-order valence-electron chi connectivity index (χ2n) is 7.14. The molecule has 1 heterocycles. The molecule has 0 unspecified atom stereocenters. The number of hydrogen-bond donors (Lipinski definition) is 1. The van der Waals surface area contributed by atoms with Crippen LogP contribution in [0.4, 0.5) is 0 Å². The molecule has 4 nitrogen and oxygen atoms in total. The summed E-state index contributed by atoms with van der Waals surface area (Å²) in [5, 5.41) is 3.25. The second-order valence-corrected chi connectivity index (χ2v) is 7.14. The monoisotopic (exact) mass is 294 g/mol. The van der Waals surface area contributed by atoms with E-state index in [9.17, 15) is 9.59 Å². The van der Waals surface area contributed by atoms with Crippen molar-refractivity contribution in [1.29, 1.82) is 0 Å². The van der Waals surface area contributed by atoms with Gasteiger partial charge in [0.2, 0.25) is 11.8 Å². The molecule has 2 amide bonds. The van der Waals surface area contributed by atoms with E-state index in [-0.39, 0.29) is 17.7 Å². The number of rotatable bonds is 3. The molecule has 4 heteroatoms. The largest absolute Gasteiger partial charge is 0.353 e. The Kier molecular flexibility index (Phi) is 5.65. The van der Waals surface area contributed by atoms with Crippen LogP contribution in [0.1, 0.15) is 59.3 Å². The van der Waals surface area contributed by atoms with Crippen molar-refractivity contribution in [3.05, 3.63) is 0 Å². The van der Waals surface area contributed by atoms with Crippen molar-refractivity contribution in [2.45, 2.75) is 65.3 Å². The van der Waals surface area contributed by atoms with Crippen molar-refractivity contribution in [2.75, 3.05) is 13.1 Å². The Bertz CT molecular complexity index is 365. The molecule has 0 bridgehead atoms. The molecule has 0 spiro atoms. The fourth-order valence-corrected chi connectivity index (χ4v) is 3.71. The smallest absolute Gasteiger partial charge is 0.223 e. The topological polar surface area (TPSA) is 49.4 Å². The van der Waals surface area contributed by atoms with Crippen LogP contribution in [0, 0.1) is 17.8 Å². The van der Waals surface area contributed by atoms with Crippen LogP contribution < -0.4 is 5.32 Å². The minimum absolute atomic E-state index is 0.100. The van der Waals surface area contributed by atoms with Gasteiger partial charge >= 0.3 is 0 Å². The minimum Gasteiger partial charge on any atom is -0.353 e. The van der Waals surface area contributed by atoms with E-state index in [2.05, 4.69) is 19.2 Å². The number of nitrogens with zero attached hydrogens (tertiary/aromatic N) is 1. The van der Waals surface area contributed by atoms with Gasteiger partial charge in [0.05, 0.1) is 0 Å². The van der Waals surface area contributed by atoms with E-state index in [4.69, 9.17) is 0 Å². The first-order valence-corrected chi connectivity index (χ1v) is 8.53. The molecule has 0 aromatic heterocycles. The van der Waals surface area contributed by atoms with Gasteiger partial charge in [0, 0.05) is 32.0 Å². The van der Waals surface area contributed by atoms with Crippen LogP contribution in [0.15, 0.2) is 0 Å². The molecule has 0 radical (unpaired) electrons. The predicted molar refractivity (Wildman–Crippen MR) is 83.7 cm³/mol. The number of nitrogens with one attached hydrogen (secondary N) is 1. The molecule has 2 rings (SSSR count). The SMILES string of the molecule is CC(=O)N1CCC(C(=O)NC2CCC(C(C)C)CC2)CC1. The number of hydrogen-bond acceptors (Lipinski definition) is 2. The summed E-state index contributed by atoms with van der Waals surface area (Å²) in [4.78, 5) is 25.5. The van der Waals surface area contributed by atoms with E-state index >= 15 is 0 Å². The van der Waals surface area contributed by atoms with Gasteiger partial charge in [0.25, 0.3) is 0 Å². The third-order valence-corrected chi connectivity index (χ3v) is 5.37. The maximum Gasteiger partial charge on any atom is 0.223 e. The lowest BCUT2D eigenvalue weighted by Gasteiger charge is -2.34. The fourth-order valence-electron chi connectivity index (χ4n) is 3.71. The molecule has 0 atom stereocenters. The highest BCUT2D eigenvalue weighted by molar-refractivity contribution is 5.79. The zero-order valence-electron chi connectivity index (χ0n) is 13.7. The van der Waals surface area contributed by atoms with Gasteiger partial charge < -0.3 is 10.2 Å². The fraction of sp³-hybridized carbons (Fsp3) is 0.882. The van der Waals surface area contributed by atoms with Crippen LogP contribution in [0.2, 0.25) is 0 Å². The Hall–Kier alpha value is -1.06. The summed E-state index contributed by atoms with van der Waals surface area (Å²) in [6.45, 7) is 7.66. The van der Waals surface area contributed by atoms with Gasteiger partial charge in [0.15, 0.2) is 0 Å². The van der Waals surface area contributed by atoms with Gasteiger partial charge in [0.1, 0.15) is 0 Å². The van der Waals surface area contributed by atoms with Gasteiger partial charge in [-0.1, -0.05) is 13.8 Å². The first-order chi connectivity index (χ1) is 9.97. The van der Waals surface area contributed by atoms with Gasteiger partial charge in [-0.05, 0) is 50.4 Å². The van der Waals surface area contributed by atoms with Crippen molar-refractivity contribution < 1.29 is 9.59 Å². The zero-order chi connectivity index (χ0) is 15.4. The lowest BCUT2D eigenvalue weighted by molar-refractivity contribution is -0.134. The highest BCUT2D eigenvalue weighted by Gasteiger charge is 2.29. The summed E-state index contributed by atoms with van der Waals surface area (Å²) < 4.78 is 0. The Morgan fingerprint density at radius 2 is 1.57 bits per heavy atom. The number of carbonyl (C=O) groups is 2. The summed E-state index contributed by atoms with van der Waals surface area (Å²) in [5.41, 5.74) is 0. The summed E-state index contributed by atoms with van der Waals surface area (Å²) in [7, 11) is 0. The molecule has 2 aliphatic rings. The molecular weight excluding hydrogens is 264 g/mol. The minimum atomic E-state index is 0.100. The second kappa shape index (κ2) is 7.28. The van der Waals surface area contributed by atoms with Crippen molar-refractivity contribution in [3.8, 4) is 0 Å². The number of amides is 2. The van der Waals surface area contributed by atoms with Gasteiger partial charge in [-0.3, -0.25) is 9.59 Å². The maximum absolute atomic E-state index is 12.3. The highest BCUT2D eigenvalue weighted by Crippen LogP contribution is 2.30. The average Bonchev–Trinajstić information content (AvgIpc) is 2.47. The molecule has 1 saturated heterocycles. The maximum atomic E-state index is 12.3. The third kappa shape index (κ3) is 4.45. The molecule has 1 saturated carbocycles. The molecule has 1 aliphatic heterocycles. The number of carbonyl (C=O) groups excluding carboxylic acids is 2. The van der Waals surface area contributed by atoms with Crippen LogP contribution in [0.5, 0.6) is 0 Å². The summed E-state index contributed by atoms with van der Waals surface area (Å²) in [6, 6.07) is 0.373. The Morgan fingerprint density at radius 1 is 1.00 bits per heavy atom. The van der Waals surface area contributed by atoms with Crippen molar-refractivity contribution in [3.63, 3.8) is 0 Å². The Labute approximate surface area is 128 Å². The first kappa shape index (κ1) is 16.3. The molecular formula is C17H30N2O2. The normalized spacial score (nSPS) is 27.7. The Balaban J connectivity index is 1.72. The van der Waals surface area contributed by atoms with Gasteiger partial charge in [-0.15, -0.1) is 0 Å². The summed E-state index contributed by atoms with van der Waals surface area (Å²) >= 11 is 0. The van der Waals surface area contributed by atoms with E-state index in [1.807, 2.05) is 4.90 Å². The van der Waals surface area contributed by atoms with E-state index in [1.54, 1.807) is 6.92 Å². The zero-order valence-corrected chi connectivity index (χ0v) is 13.7. The quantitative estimate of drug-likeness (QED) is 0.869. The lowest BCUT2D eigenvalue weighted by atomic mass is 9.79. The van der Waals surface area contributed by atoms with Crippen LogP contribution in [-0.4, -0.2) is 35.8 Å². The Morgan fingerprint density at radius 3 is 2.05 bits per heavy atom. The van der Waals surface area contributed by atoms with E-state index in [0.717, 1.165) is 50.6 Å². The standard InChI is InChI=1S/C17H30N2O2/c1-12(2)14-4-6-16(7-5-14)18-17(21)15-8-10-19(11-9-15)13(3)20/h12,14-16H,4-11H2,1-3H3,(H,18,21). The van der Waals surface area contributed by atoms with Crippen LogP contribution in [-0.2, 0) is 9.59 Å². The molecule has 120 valence electrons. The summed E-state index contributed by atoms with van der Waals surface area (Å²) in [6.07, 6.45) is 6.36. The van der Waals surface area contributed by atoms with E-state index in [0.29, 0.717) is 6.04 Å². The van der Waals surface area contributed by atoms with E-state index < -0.39 is 0 Å². The average molecular weight is 294 g/mol. The van der Waals surface area contributed by atoms with Gasteiger partial charge in [-0.2, -0.15) is 0 Å². The van der Waals surface area contributed by atoms with Crippen molar-refractivity contribution >= 4 is 11.8 Å². The highest BCUT2D eigenvalue weighted by atomic mass is 16.2. The molecule has 0 aromatic carbocycles. The van der Waals surface area contributed by atoms with Crippen LogP contribution in [0.25, 0.3) is 0 Å². The molecule has 0 aromatic rings. The van der Waals surface area contributed by atoms with Crippen LogP contribution >= 0.6 is 0 Å². The van der Waals surface area contributed by atoms with Crippen molar-refractivity contribution in [1.82, 2.24) is 10.2 Å². The summed E-state index contributed by atoms with van der Waals surface area (Å²) in [5.74, 6) is 2.03.